The molecule has 0 bridgehead atoms. The van der Waals surface area contributed by atoms with Crippen LogP contribution in [-0.4, -0.2) is 107 Å². The molecule has 1 aliphatic carbocycles. The number of nitrogens with one attached hydrogen (secondary N) is 1. The molecule has 0 radical (unpaired) electrons. The fourth-order valence-corrected chi connectivity index (χ4v) is 10.5. The number of aromatic nitrogens is 3. The van der Waals surface area contributed by atoms with Crippen LogP contribution in [0.1, 0.15) is 98.4 Å². The molecule has 0 spiro atoms. The summed E-state index contributed by atoms with van der Waals surface area (Å²) in [6.45, 7) is 6.36. The summed E-state index contributed by atoms with van der Waals surface area (Å²) in [5, 5.41) is 22.6. The van der Waals surface area contributed by atoms with Crippen molar-refractivity contribution in [3.05, 3.63) is 107 Å². The number of alkyl halides is 1. The quantitative estimate of drug-likeness (QED) is 0.134. The minimum Gasteiger partial charge on any atom is -0.507 e. The summed E-state index contributed by atoms with van der Waals surface area (Å²) < 4.78 is 58.0. The number of benzene rings is 3. The van der Waals surface area contributed by atoms with Crippen molar-refractivity contribution in [2.75, 3.05) is 81.1 Å². The Morgan fingerprint density at radius 1 is 0.984 bits per heavy atom. The number of ether oxygens (including phenoxy) is 1. The molecule has 4 aliphatic heterocycles. The lowest BCUT2D eigenvalue weighted by molar-refractivity contribution is 0.0176. The van der Waals surface area contributed by atoms with Crippen LogP contribution in [0, 0.1) is 19.7 Å². The molecule has 6 heterocycles. The fraction of sp³-hybridized carbons (Fsp3) is 0.460. The maximum absolute atomic E-state index is 16.6. The van der Waals surface area contributed by atoms with Crippen molar-refractivity contribution in [2.45, 2.75) is 82.5 Å². The van der Waals surface area contributed by atoms with E-state index in [0.29, 0.717) is 78.9 Å². The Kier molecular flexibility index (Phi) is 10.9. The van der Waals surface area contributed by atoms with Gasteiger partial charge in [-0.25, -0.2) is 8.78 Å². The van der Waals surface area contributed by atoms with E-state index < -0.39 is 18.8 Å². The number of aromatic hydroxyl groups is 1. The lowest BCUT2D eigenvalue weighted by Crippen LogP contribution is -2.51. The van der Waals surface area contributed by atoms with Gasteiger partial charge in [-0.05, 0) is 118 Å². The van der Waals surface area contributed by atoms with E-state index in [4.69, 9.17) is 13.2 Å². The summed E-state index contributed by atoms with van der Waals surface area (Å²) in [7, 11) is 0. The van der Waals surface area contributed by atoms with Crippen molar-refractivity contribution >= 4 is 34.0 Å². The molecule has 64 heavy (non-hydrogen) atoms. The third kappa shape index (κ3) is 8.09. The molecule has 10 rings (SSSR count). The zero-order chi connectivity index (χ0) is 45.9. The number of rotatable bonds is 9. The molecule has 12 nitrogen and oxygen atoms in total. The van der Waals surface area contributed by atoms with E-state index in [-0.39, 0.29) is 48.4 Å². The minimum atomic E-state index is -1.40. The second-order valence-corrected chi connectivity index (χ2v) is 18.4. The average molecular weight is 874 g/mol. The zero-order valence-corrected chi connectivity index (χ0v) is 36.6. The van der Waals surface area contributed by atoms with Gasteiger partial charge in [0.25, 0.3) is 5.91 Å². The van der Waals surface area contributed by atoms with E-state index in [0.717, 1.165) is 72.8 Å². The number of nitrogen functional groups attached to an aromatic ring is 1. The maximum atomic E-state index is 16.6. The molecule has 4 N–H and O–H groups in total. The third-order valence-electron chi connectivity index (χ3n) is 14.4. The van der Waals surface area contributed by atoms with Crippen LogP contribution < -0.4 is 20.9 Å². The van der Waals surface area contributed by atoms with Crippen molar-refractivity contribution in [1.29, 1.82) is 0 Å². The van der Waals surface area contributed by atoms with Gasteiger partial charge in [0, 0.05) is 88.4 Å². The number of hydrogen-bond donors (Lipinski definition) is 3. The molecule has 5 aliphatic rings. The number of carbonyl (C=O) groups is 1. The van der Waals surface area contributed by atoms with Crippen LogP contribution in [0.5, 0.6) is 5.75 Å². The van der Waals surface area contributed by atoms with Crippen LogP contribution in [0.3, 0.4) is 0 Å². The molecule has 3 aromatic carbocycles. The van der Waals surface area contributed by atoms with Gasteiger partial charge >= 0.3 is 0 Å². The van der Waals surface area contributed by atoms with Crippen LogP contribution in [0.25, 0.3) is 22.2 Å². The number of phenols is 1. The largest absolute Gasteiger partial charge is 0.507 e. The van der Waals surface area contributed by atoms with Gasteiger partial charge in [0.2, 0.25) is 0 Å². The molecule has 3 unspecified atom stereocenters. The normalized spacial score (nSPS) is 23.9. The Morgan fingerprint density at radius 3 is 2.53 bits per heavy atom. The Morgan fingerprint density at radius 2 is 1.78 bits per heavy atom. The summed E-state index contributed by atoms with van der Waals surface area (Å²) in [4.78, 5) is 21.7. The molecule has 14 heteroatoms. The standard InChI is InChI=1S/C50H59F2N9O3/c1-32-26-39(33(2)25-38(32)45-29-59(23-24-64-45)43-27-41(55-56-48(43)53)37-9-3-4-10-44(37)62)49(63)58-21-15-50(52,16-22-58)30-57-19-13-34(14-20-57)40-28-61(35-7-5-8-35)47-36(40)11-12-42(46(47)51)60-18-6-17-54-31-60/h3-4,6,9-12,18,25-28,34-35,45,54,62H,5,7-8,13-17,19-24,29-31H2,1-2H3,(H2,53,56)/i17D,31D. The van der Waals surface area contributed by atoms with Gasteiger partial charge in [0.15, 0.2) is 11.6 Å². The Balaban J connectivity index is 0.761. The highest BCUT2D eigenvalue weighted by atomic mass is 19.1. The summed E-state index contributed by atoms with van der Waals surface area (Å²) >= 11 is 0. The summed E-state index contributed by atoms with van der Waals surface area (Å²) in [6, 6.07) is 16.8. The van der Waals surface area contributed by atoms with Gasteiger partial charge in [-0.15, -0.1) is 10.2 Å². The molecule has 3 atom stereocenters. The number of halogens is 2. The predicted molar refractivity (Wildman–Crippen MR) is 247 cm³/mol. The third-order valence-corrected chi connectivity index (χ3v) is 14.4. The van der Waals surface area contributed by atoms with E-state index >= 15 is 8.78 Å². The predicted octanol–water partition coefficient (Wildman–Crippen LogP) is 8.15. The second kappa shape index (κ2) is 17.4. The van der Waals surface area contributed by atoms with Gasteiger partial charge in [0.05, 0.1) is 37.2 Å². The number of piperidine rings is 2. The van der Waals surface area contributed by atoms with Gasteiger partial charge in [-0.3, -0.25) is 10.1 Å². The Hall–Kier alpha value is -5.57. The molecule has 2 aromatic heterocycles. The first-order valence-electron chi connectivity index (χ1n) is 24.0. The van der Waals surface area contributed by atoms with Crippen LogP contribution in [0.15, 0.2) is 73.1 Å². The number of hydrogen-bond acceptors (Lipinski definition) is 10. The highest BCUT2D eigenvalue weighted by Gasteiger charge is 2.39. The van der Waals surface area contributed by atoms with Gasteiger partial charge in [0.1, 0.15) is 17.5 Å². The number of aryl methyl sites for hydroxylation is 2. The molecule has 336 valence electrons. The van der Waals surface area contributed by atoms with E-state index in [9.17, 15) is 9.90 Å². The molecule has 1 amide bonds. The van der Waals surface area contributed by atoms with Crippen molar-refractivity contribution < 1.29 is 26.2 Å². The summed E-state index contributed by atoms with van der Waals surface area (Å²) in [5.74, 6) is 0.202. The Bertz CT molecular complexity index is 2660. The van der Waals surface area contributed by atoms with Crippen LogP contribution >= 0.6 is 0 Å². The van der Waals surface area contributed by atoms with Crippen LogP contribution in [0.2, 0.25) is 0 Å². The van der Waals surface area contributed by atoms with Gasteiger partial charge < -0.3 is 39.7 Å². The average Bonchev–Trinajstić information content (AvgIpc) is 3.67. The summed E-state index contributed by atoms with van der Waals surface area (Å²) in [6.07, 6.45) is 10.5. The lowest BCUT2D eigenvalue weighted by atomic mass is 9.87. The number of carbonyl (C=O) groups excluding carboxylic acids is 1. The van der Waals surface area contributed by atoms with E-state index in [1.807, 2.05) is 44.2 Å². The minimum absolute atomic E-state index is 0.0850. The maximum Gasteiger partial charge on any atom is 0.254 e. The Labute approximate surface area is 376 Å². The number of nitrogens with two attached hydrogens (primary N) is 1. The first-order chi connectivity index (χ1) is 31.8. The number of morpholine rings is 1. The van der Waals surface area contributed by atoms with Crippen molar-refractivity contribution in [3.63, 3.8) is 0 Å². The van der Waals surface area contributed by atoms with Crippen molar-refractivity contribution in [1.82, 2.24) is 29.9 Å². The fourth-order valence-electron chi connectivity index (χ4n) is 10.5. The number of phenolic OH excluding ortho intramolecular Hbond substituents is 1. The highest BCUT2D eigenvalue weighted by molar-refractivity contribution is 5.96. The van der Waals surface area contributed by atoms with E-state index in [2.05, 4.69) is 36.1 Å². The lowest BCUT2D eigenvalue weighted by Gasteiger charge is -2.41. The smallest absolute Gasteiger partial charge is 0.254 e. The molecular weight excluding hydrogens is 813 g/mol. The van der Waals surface area contributed by atoms with E-state index in [1.54, 1.807) is 46.3 Å². The first kappa shape index (κ1) is 40.0. The number of fused-ring (bicyclic) bond motifs is 1. The molecular formula is C50H59F2N9O3. The zero-order valence-electron chi connectivity index (χ0n) is 38.6. The van der Waals surface area contributed by atoms with Crippen LogP contribution in [0.4, 0.5) is 26.0 Å². The van der Waals surface area contributed by atoms with Gasteiger partial charge in [-0.1, -0.05) is 30.3 Å². The first-order valence-corrected chi connectivity index (χ1v) is 22.8. The molecule has 5 aromatic rings. The summed E-state index contributed by atoms with van der Waals surface area (Å²) in [5.41, 5.74) is 12.2. The number of nitrogens with zero attached hydrogens (tertiary/aromatic N) is 7. The number of amides is 1. The number of para-hydroxylation sites is 1. The topological polar surface area (TPSA) is 128 Å². The molecule has 1 saturated carbocycles. The van der Waals surface area contributed by atoms with Gasteiger partial charge in [-0.2, -0.15) is 0 Å². The van der Waals surface area contributed by atoms with Crippen molar-refractivity contribution in [3.8, 4) is 17.0 Å². The number of likely N-dealkylation sites (tertiary alicyclic amines) is 2. The molecule has 4 fully saturated rings. The van der Waals surface area contributed by atoms with Crippen molar-refractivity contribution in [2.24, 2.45) is 0 Å². The highest BCUT2D eigenvalue weighted by Crippen LogP contribution is 2.44. The molecule has 3 saturated heterocycles. The second-order valence-electron chi connectivity index (χ2n) is 18.4. The number of anilines is 3. The SMILES string of the molecule is [2H]C1C=CN(c2ccc3c(C4CCN(CC5(F)CCN(C(=O)c6cc(C)c(C7CN(c8cc(-c9ccccc9O)nnc8N)CCO7)cc6C)CC5)CC4)cn(C4CCC4)c3c2F)C([2H])N1. The van der Waals surface area contributed by atoms with E-state index in [1.165, 1.54) is 0 Å². The monoisotopic (exact) mass is 873 g/mol. The van der Waals surface area contributed by atoms with Crippen LogP contribution in [-0.2, 0) is 4.74 Å².